The number of nitrogens with one attached hydrogen (secondary N) is 2. The lowest BCUT2D eigenvalue weighted by molar-refractivity contribution is -0.143. The number of anilines is 3. The van der Waals surface area contributed by atoms with Crippen molar-refractivity contribution >= 4 is 45.9 Å². The molecule has 1 aromatic heterocycles. The minimum Gasteiger partial charge on any atom is -0.497 e. The molecule has 1 aliphatic rings. The Labute approximate surface area is 185 Å². The summed E-state index contributed by atoms with van der Waals surface area (Å²) in [6.07, 6.45) is 3.23. The van der Waals surface area contributed by atoms with Crippen LogP contribution in [-0.2, 0) is 4.79 Å². The summed E-state index contributed by atoms with van der Waals surface area (Å²) in [4.78, 5) is 20.5. The summed E-state index contributed by atoms with van der Waals surface area (Å²) in [5.74, 6) is 1.44. The van der Waals surface area contributed by atoms with Crippen molar-refractivity contribution in [1.29, 1.82) is 0 Å². The monoisotopic (exact) mass is 440 g/mol. The highest BCUT2D eigenvalue weighted by Gasteiger charge is 2.26. The van der Waals surface area contributed by atoms with Crippen LogP contribution in [-0.4, -0.2) is 34.7 Å². The van der Waals surface area contributed by atoms with Gasteiger partial charge in [0.2, 0.25) is 5.95 Å². The topological polar surface area (TPSA) is 96.4 Å². The van der Waals surface area contributed by atoms with Gasteiger partial charge in [-0.1, -0.05) is 17.7 Å². The summed E-state index contributed by atoms with van der Waals surface area (Å²) in [5, 5.41) is 17.4. The van der Waals surface area contributed by atoms with Crippen LogP contribution in [0.5, 0.6) is 5.75 Å². The number of ether oxygens (including phenoxy) is 1. The first-order chi connectivity index (χ1) is 15.0. The Balaban J connectivity index is 1.54. The largest absolute Gasteiger partial charge is 0.497 e. The number of aromatic nitrogens is 2. The van der Waals surface area contributed by atoms with Gasteiger partial charge in [0.05, 0.1) is 18.5 Å². The van der Waals surface area contributed by atoms with Crippen LogP contribution in [0.15, 0.2) is 42.5 Å². The van der Waals surface area contributed by atoms with Crippen molar-refractivity contribution in [3.8, 4) is 5.75 Å². The molecule has 0 spiro atoms. The van der Waals surface area contributed by atoms with Gasteiger partial charge in [0, 0.05) is 28.7 Å². The zero-order valence-electron chi connectivity index (χ0n) is 17.3. The van der Waals surface area contributed by atoms with E-state index in [0.717, 1.165) is 54.6 Å². The average molecular weight is 441 g/mol. The number of aliphatic carboxylic acids is 1. The van der Waals surface area contributed by atoms with Gasteiger partial charge in [-0.2, -0.15) is 4.98 Å². The lowest BCUT2D eigenvalue weighted by Gasteiger charge is -2.26. The third-order valence-corrected chi connectivity index (χ3v) is 5.97. The SMILES string of the molecule is COc1cccc(Nc2nc(NCC3CCC(C(=O)O)CC3)c3cc(Cl)ccc3n2)c1. The van der Waals surface area contributed by atoms with Crippen molar-refractivity contribution in [2.24, 2.45) is 11.8 Å². The number of hydrogen-bond donors (Lipinski definition) is 3. The molecule has 1 aliphatic carbocycles. The quantitative estimate of drug-likeness (QED) is 0.456. The fraction of sp³-hybridized carbons (Fsp3) is 0.348. The van der Waals surface area contributed by atoms with E-state index in [1.807, 2.05) is 42.5 Å². The molecule has 3 aromatic rings. The summed E-state index contributed by atoms with van der Waals surface area (Å²) in [5.41, 5.74) is 1.60. The van der Waals surface area contributed by atoms with Crippen LogP contribution in [0.1, 0.15) is 25.7 Å². The van der Waals surface area contributed by atoms with Gasteiger partial charge in [-0.3, -0.25) is 4.79 Å². The lowest BCUT2D eigenvalue weighted by atomic mass is 9.82. The molecule has 0 aliphatic heterocycles. The van der Waals surface area contributed by atoms with Crippen molar-refractivity contribution in [3.05, 3.63) is 47.5 Å². The van der Waals surface area contributed by atoms with Crippen LogP contribution in [0.25, 0.3) is 10.9 Å². The minimum atomic E-state index is -0.684. The maximum atomic E-state index is 11.2. The molecule has 3 N–H and O–H groups in total. The summed E-state index contributed by atoms with van der Waals surface area (Å²) in [7, 11) is 1.63. The zero-order chi connectivity index (χ0) is 21.8. The molecule has 2 aromatic carbocycles. The Hall–Kier alpha value is -3.06. The van der Waals surface area contributed by atoms with Crippen LogP contribution in [0.4, 0.5) is 17.5 Å². The first kappa shape index (κ1) is 21.2. The van der Waals surface area contributed by atoms with E-state index < -0.39 is 5.97 Å². The molecule has 8 heteroatoms. The molecule has 31 heavy (non-hydrogen) atoms. The number of carboxylic acids is 1. The Morgan fingerprint density at radius 2 is 1.97 bits per heavy atom. The number of fused-ring (bicyclic) bond motifs is 1. The predicted molar refractivity (Wildman–Crippen MR) is 122 cm³/mol. The van der Waals surface area contributed by atoms with Crippen molar-refractivity contribution < 1.29 is 14.6 Å². The molecular formula is C23H25ClN4O3. The maximum Gasteiger partial charge on any atom is 0.306 e. The van der Waals surface area contributed by atoms with Gasteiger partial charge < -0.3 is 20.5 Å². The van der Waals surface area contributed by atoms with Gasteiger partial charge in [0.25, 0.3) is 0 Å². The molecule has 162 valence electrons. The van der Waals surface area contributed by atoms with E-state index in [1.54, 1.807) is 7.11 Å². The van der Waals surface area contributed by atoms with Crippen LogP contribution >= 0.6 is 11.6 Å². The summed E-state index contributed by atoms with van der Waals surface area (Å²) >= 11 is 6.22. The van der Waals surface area contributed by atoms with Gasteiger partial charge in [0.15, 0.2) is 0 Å². The first-order valence-electron chi connectivity index (χ1n) is 10.4. The number of carbonyl (C=O) groups is 1. The number of rotatable bonds is 7. The minimum absolute atomic E-state index is 0.214. The molecule has 0 amide bonds. The number of halogens is 1. The van der Waals surface area contributed by atoms with Crippen molar-refractivity contribution in [2.75, 3.05) is 24.3 Å². The molecule has 7 nitrogen and oxygen atoms in total. The third-order valence-electron chi connectivity index (χ3n) is 5.74. The molecule has 0 radical (unpaired) electrons. The fourth-order valence-electron chi connectivity index (χ4n) is 3.98. The molecule has 1 fully saturated rings. The van der Waals surface area contributed by atoms with E-state index >= 15 is 0 Å². The van der Waals surface area contributed by atoms with Crippen LogP contribution in [0.3, 0.4) is 0 Å². The number of hydrogen-bond acceptors (Lipinski definition) is 6. The average Bonchev–Trinajstić information content (AvgIpc) is 2.78. The number of carboxylic acid groups (broad SMARTS) is 1. The van der Waals surface area contributed by atoms with E-state index in [-0.39, 0.29) is 5.92 Å². The van der Waals surface area contributed by atoms with Crippen molar-refractivity contribution in [1.82, 2.24) is 9.97 Å². The van der Waals surface area contributed by atoms with Crippen LogP contribution in [0.2, 0.25) is 5.02 Å². The Bertz CT molecular complexity index is 1080. The smallest absolute Gasteiger partial charge is 0.306 e. The summed E-state index contributed by atoms with van der Waals surface area (Å²) in [6.45, 7) is 0.726. The number of nitrogens with zero attached hydrogens (tertiary/aromatic N) is 2. The molecule has 1 saturated carbocycles. The van der Waals surface area contributed by atoms with Gasteiger partial charge in [-0.15, -0.1) is 0 Å². The van der Waals surface area contributed by atoms with E-state index in [2.05, 4.69) is 15.6 Å². The molecule has 0 bridgehead atoms. The highest BCUT2D eigenvalue weighted by atomic mass is 35.5. The molecule has 0 saturated heterocycles. The van der Waals surface area contributed by atoms with Gasteiger partial charge >= 0.3 is 5.97 Å². The molecule has 0 unspecified atom stereocenters. The molecule has 4 rings (SSSR count). The molecule has 1 heterocycles. The standard InChI is InChI=1S/C23H25ClN4O3/c1-31-18-4-2-3-17(12-18)26-23-27-20-10-9-16(24)11-19(20)21(28-23)25-13-14-5-7-15(8-6-14)22(29)30/h2-4,9-12,14-15H,5-8,13H2,1H3,(H,29,30)(H2,25,26,27,28). The second-order valence-corrected chi connectivity index (χ2v) is 8.29. The van der Waals surface area contributed by atoms with Gasteiger partial charge in [-0.05, 0) is 61.9 Å². The predicted octanol–water partition coefficient (Wildman–Crippen LogP) is 5.34. The summed E-state index contributed by atoms with van der Waals surface area (Å²) in [6, 6.07) is 13.1. The second-order valence-electron chi connectivity index (χ2n) is 7.85. The number of methoxy groups -OCH3 is 1. The third kappa shape index (κ3) is 5.17. The van der Waals surface area contributed by atoms with Gasteiger partial charge in [-0.25, -0.2) is 4.98 Å². The Morgan fingerprint density at radius 1 is 1.16 bits per heavy atom. The van der Waals surface area contributed by atoms with E-state index in [9.17, 15) is 9.90 Å². The molecule has 0 atom stereocenters. The normalized spacial score (nSPS) is 18.5. The van der Waals surface area contributed by atoms with E-state index in [1.165, 1.54) is 0 Å². The fourth-order valence-corrected chi connectivity index (χ4v) is 4.15. The Morgan fingerprint density at radius 3 is 2.71 bits per heavy atom. The lowest BCUT2D eigenvalue weighted by Crippen LogP contribution is -2.25. The Kier molecular flexibility index (Phi) is 6.42. The molecular weight excluding hydrogens is 416 g/mol. The zero-order valence-corrected chi connectivity index (χ0v) is 18.0. The maximum absolute atomic E-state index is 11.2. The first-order valence-corrected chi connectivity index (χ1v) is 10.7. The summed E-state index contributed by atoms with van der Waals surface area (Å²) < 4.78 is 5.28. The van der Waals surface area contributed by atoms with E-state index in [0.29, 0.717) is 22.7 Å². The van der Waals surface area contributed by atoms with Crippen molar-refractivity contribution in [3.63, 3.8) is 0 Å². The highest BCUT2D eigenvalue weighted by Crippen LogP contribution is 2.31. The van der Waals surface area contributed by atoms with Crippen LogP contribution < -0.4 is 15.4 Å². The highest BCUT2D eigenvalue weighted by molar-refractivity contribution is 6.31. The number of benzene rings is 2. The van der Waals surface area contributed by atoms with Crippen LogP contribution in [0, 0.1) is 11.8 Å². The van der Waals surface area contributed by atoms with Gasteiger partial charge in [0.1, 0.15) is 11.6 Å². The second kappa shape index (κ2) is 9.39. The van der Waals surface area contributed by atoms with E-state index in [4.69, 9.17) is 21.3 Å². The van der Waals surface area contributed by atoms with Crippen molar-refractivity contribution in [2.45, 2.75) is 25.7 Å².